The third-order valence-electron chi connectivity index (χ3n) is 3.96. The zero-order valence-corrected chi connectivity index (χ0v) is 16.1. The molecule has 8 heteroatoms. The largest absolute Gasteiger partial charge is 0.494 e. The number of hydrogen-bond acceptors (Lipinski definition) is 6. The third kappa shape index (κ3) is 5.12. The number of rotatable bonds is 8. The minimum atomic E-state index is -1.06. The second-order valence-electron chi connectivity index (χ2n) is 5.80. The first-order valence-electron chi connectivity index (χ1n) is 8.42. The molecule has 150 valence electrons. The first-order valence-corrected chi connectivity index (χ1v) is 8.42. The summed E-state index contributed by atoms with van der Waals surface area (Å²) < 4.78 is 34.0. The highest BCUT2D eigenvalue weighted by Crippen LogP contribution is 2.27. The second-order valence-corrected chi connectivity index (χ2v) is 5.80. The third-order valence-corrected chi connectivity index (χ3v) is 3.96. The summed E-state index contributed by atoms with van der Waals surface area (Å²) in [6.45, 7) is 1.64. The lowest BCUT2D eigenvalue weighted by Gasteiger charge is -2.14. The van der Waals surface area contributed by atoms with E-state index in [1.807, 2.05) is 0 Å². The fraction of sp³-hybridized carbons (Fsp3) is 0.300. The smallest absolute Gasteiger partial charge is 0.339 e. The van der Waals surface area contributed by atoms with Gasteiger partial charge in [-0.15, -0.1) is 0 Å². The molecule has 0 bridgehead atoms. The fourth-order valence-electron chi connectivity index (χ4n) is 2.40. The normalized spacial score (nSPS) is 11.3. The summed E-state index contributed by atoms with van der Waals surface area (Å²) in [6.07, 6.45) is -1.06. The van der Waals surface area contributed by atoms with Gasteiger partial charge in [0.15, 0.2) is 29.2 Å². The van der Waals surface area contributed by atoms with Crippen LogP contribution in [0.25, 0.3) is 0 Å². The van der Waals surface area contributed by atoms with E-state index in [2.05, 4.69) is 5.32 Å². The average Bonchev–Trinajstić information content (AvgIpc) is 2.71. The van der Waals surface area contributed by atoms with E-state index in [1.165, 1.54) is 40.4 Å². The molecule has 1 atom stereocenters. The van der Waals surface area contributed by atoms with Gasteiger partial charge in [-0.05, 0) is 42.8 Å². The molecule has 1 N–H and O–H groups in total. The van der Waals surface area contributed by atoms with Crippen LogP contribution in [0.3, 0.4) is 0 Å². The minimum absolute atomic E-state index is 0.0114. The summed E-state index contributed by atoms with van der Waals surface area (Å²) in [6, 6.07) is 8.90. The minimum Gasteiger partial charge on any atom is -0.494 e. The van der Waals surface area contributed by atoms with Crippen molar-refractivity contribution in [3.8, 4) is 17.2 Å². The lowest BCUT2D eigenvalue weighted by molar-refractivity contribution is -0.129. The highest BCUT2D eigenvalue weighted by atomic mass is 19.1. The predicted molar refractivity (Wildman–Crippen MR) is 99.2 cm³/mol. The lowest BCUT2D eigenvalue weighted by Crippen LogP contribution is -2.35. The Hall–Kier alpha value is -3.29. The van der Waals surface area contributed by atoms with E-state index in [0.29, 0.717) is 11.5 Å². The van der Waals surface area contributed by atoms with Crippen molar-refractivity contribution in [3.05, 3.63) is 53.3 Å². The average molecular weight is 391 g/mol. The number of benzene rings is 2. The number of amides is 1. The van der Waals surface area contributed by atoms with Gasteiger partial charge in [0.05, 0.1) is 26.9 Å². The molecule has 0 aliphatic rings. The van der Waals surface area contributed by atoms with E-state index in [0.717, 1.165) is 11.6 Å². The summed E-state index contributed by atoms with van der Waals surface area (Å²) in [5, 5.41) is 2.67. The molecular weight excluding hydrogens is 369 g/mol. The molecule has 0 heterocycles. The number of hydrogen-bond donors (Lipinski definition) is 1. The van der Waals surface area contributed by atoms with Gasteiger partial charge in [0.1, 0.15) is 0 Å². The van der Waals surface area contributed by atoms with E-state index in [-0.39, 0.29) is 17.9 Å². The molecule has 0 unspecified atom stereocenters. The summed E-state index contributed by atoms with van der Waals surface area (Å²) in [5.41, 5.74) is 0.764. The van der Waals surface area contributed by atoms with Crippen molar-refractivity contribution >= 4 is 11.9 Å². The van der Waals surface area contributed by atoms with Crippen LogP contribution in [-0.4, -0.2) is 39.3 Å². The highest BCUT2D eigenvalue weighted by molar-refractivity contribution is 5.92. The Labute approximate surface area is 162 Å². The number of nitrogens with one attached hydrogen (secondary N) is 1. The van der Waals surface area contributed by atoms with Crippen LogP contribution in [0.5, 0.6) is 17.2 Å². The van der Waals surface area contributed by atoms with Gasteiger partial charge in [0.25, 0.3) is 5.91 Å². The Morgan fingerprint density at radius 2 is 1.61 bits per heavy atom. The molecule has 0 aromatic heterocycles. The molecule has 0 saturated heterocycles. The monoisotopic (exact) mass is 391 g/mol. The number of ether oxygens (including phenoxy) is 4. The first-order chi connectivity index (χ1) is 13.4. The van der Waals surface area contributed by atoms with E-state index in [1.54, 1.807) is 18.2 Å². The molecule has 0 aliphatic carbocycles. The molecule has 2 aromatic rings. The van der Waals surface area contributed by atoms with Crippen LogP contribution in [0.15, 0.2) is 36.4 Å². The van der Waals surface area contributed by atoms with E-state index in [9.17, 15) is 14.0 Å². The molecule has 2 aromatic carbocycles. The summed E-state index contributed by atoms with van der Waals surface area (Å²) in [7, 11) is 4.37. The molecule has 0 radical (unpaired) electrons. The van der Waals surface area contributed by atoms with Gasteiger partial charge in [0.2, 0.25) is 0 Å². The number of carbonyl (C=O) groups is 2. The molecule has 0 fully saturated rings. The standard InChI is InChI=1S/C20H22FNO6/c1-12(28-20(24)14-6-8-16(25-2)15(21)10-14)19(23)22-11-13-5-7-17(26-3)18(9-13)27-4/h5-10,12H,11H2,1-4H3,(H,22,23)/t12-/m0/s1. The van der Waals surface area contributed by atoms with E-state index >= 15 is 0 Å². The Kier molecular flexibility index (Phi) is 7.20. The molecule has 1 amide bonds. The van der Waals surface area contributed by atoms with E-state index in [4.69, 9.17) is 18.9 Å². The Morgan fingerprint density at radius 3 is 2.21 bits per heavy atom. The quantitative estimate of drug-likeness (QED) is 0.697. The number of methoxy groups -OCH3 is 3. The molecule has 0 spiro atoms. The van der Waals surface area contributed by atoms with Crippen LogP contribution in [0.1, 0.15) is 22.8 Å². The molecule has 7 nitrogen and oxygen atoms in total. The van der Waals surface area contributed by atoms with Gasteiger partial charge in [-0.2, -0.15) is 0 Å². The molecular formula is C20H22FNO6. The van der Waals surface area contributed by atoms with Crippen LogP contribution in [0.2, 0.25) is 0 Å². The maximum Gasteiger partial charge on any atom is 0.339 e. The van der Waals surface area contributed by atoms with E-state index < -0.39 is 23.8 Å². The Bertz CT molecular complexity index is 855. The summed E-state index contributed by atoms with van der Waals surface area (Å²) >= 11 is 0. The van der Waals surface area contributed by atoms with Gasteiger partial charge in [0, 0.05) is 6.54 Å². The van der Waals surface area contributed by atoms with Crippen LogP contribution in [0, 0.1) is 5.82 Å². The molecule has 0 aliphatic heterocycles. The number of carbonyl (C=O) groups excluding carboxylic acids is 2. The summed E-state index contributed by atoms with van der Waals surface area (Å²) in [5.74, 6) is -0.867. The lowest BCUT2D eigenvalue weighted by atomic mass is 10.2. The Balaban J connectivity index is 1.94. The van der Waals surface area contributed by atoms with Crippen LogP contribution < -0.4 is 19.5 Å². The van der Waals surface area contributed by atoms with Crippen molar-refractivity contribution in [1.82, 2.24) is 5.32 Å². The topological polar surface area (TPSA) is 83.1 Å². The van der Waals surface area contributed by atoms with Crippen molar-refractivity contribution in [1.29, 1.82) is 0 Å². The molecule has 0 saturated carbocycles. The maximum absolute atomic E-state index is 13.7. The van der Waals surface area contributed by atoms with Crippen molar-refractivity contribution in [2.45, 2.75) is 19.6 Å². The van der Waals surface area contributed by atoms with Gasteiger partial charge in [-0.1, -0.05) is 6.07 Å². The van der Waals surface area contributed by atoms with Gasteiger partial charge in [-0.25, -0.2) is 9.18 Å². The Morgan fingerprint density at radius 1 is 0.964 bits per heavy atom. The zero-order chi connectivity index (χ0) is 20.7. The number of halogens is 1. The van der Waals surface area contributed by atoms with Crippen molar-refractivity contribution < 1.29 is 32.9 Å². The SMILES string of the molecule is COc1ccc(C(=O)O[C@@H](C)C(=O)NCc2ccc(OC)c(OC)c2)cc1F. The molecule has 2 rings (SSSR count). The van der Waals surface area contributed by atoms with Crippen LogP contribution in [0.4, 0.5) is 4.39 Å². The van der Waals surface area contributed by atoms with Crippen molar-refractivity contribution in [2.75, 3.05) is 21.3 Å². The molecule has 28 heavy (non-hydrogen) atoms. The maximum atomic E-state index is 13.7. The van der Waals surface area contributed by atoms with Crippen LogP contribution in [-0.2, 0) is 16.1 Å². The first kappa shape index (κ1) is 21.0. The van der Waals surface area contributed by atoms with Gasteiger partial charge >= 0.3 is 5.97 Å². The highest BCUT2D eigenvalue weighted by Gasteiger charge is 2.20. The predicted octanol–water partition coefficient (Wildman–Crippen LogP) is 2.71. The van der Waals surface area contributed by atoms with Crippen molar-refractivity contribution in [2.24, 2.45) is 0 Å². The van der Waals surface area contributed by atoms with Gasteiger partial charge in [-0.3, -0.25) is 4.79 Å². The van der Waals surface area contributed by atoms with Crippen molar-refractivity contribution in [3.63, 3.8) is 0 Å². The van der Waals surface area contributed by atoms with Crippen LogP contribution >= 0.6 is 0 Å². The second kappa shape index (κ2) is 9.59. The fourth-order valence-corrected chi connectivity index (χ4v) is 2.40. The zero-order valence-electron chi connectivity index (χ0n) is 16.1. The summed E-state index contributed by atoms with van der Waals surface area (Å²) in [4.78, 5) is 24.3. The number of esters is 1. The van der Waals surface area contributed by atoms with Gasteiger partial charge < -0.3 is 24.3 Å².